The summed E-state index contributed by atoms with van der Waals surface area (Å²) in [6, 6.07) is 5.96. The quantitative estimate of drug-likeness (QED) is 0.366. The summed E-state index contributed by atoms with van der Waals surface area (Å²) in [5.74, 6) is 1.24. The number of aromatic nitrogens is 8. The Morgan fingerprint density at radius 2 is 2.03 bits per heavy atom. The van der Waals surface area contributed by atoms with Crippen LogP contribution in [0.2, 0.25) is 0 Å². The first-order chi connectivity index (χ1) is 14.3. The number of anilines is 2. The first-order valence-electron chi connectivity index (χ1n) is 9.23. The predicted molar refractivity (Wildman–Crippen MR) is 109 cm³/mol. The van der Waals surface area contributed by atoms with Gasteiger partial charge in [0.15, 0.2) is 11.6 Å². The minimum atomic E-state index is 0.602. The molecule has 10 nitrogen and oxygen atoms in total. The Morgan fingerprint density at radius 1 is 1.10 bits per heavy atom. The van der Waals surface area contributed by atoms with Crippen LogP contribution in [0.1, 0.15) is 6.42 Å². The average molecular weight is 389 g/mol. The van der Waals surface area contributed by atoms with Gasteiger partial charge in [0, 0.05) is 37.4 Å². The minimum Gasteiger partial charge on any atom is -0.385 e. The molecule has 0 atom stereocenters. The first-order valence-corrected chi connectivity index (χ1v) is 9.23. The molecule has 0 saturated carbocycles. The minimum absolute atomic E-state index is 0.602. The lowest BCUT2D eigenvalue weighted by molar-refractivity contribution is 0.189. The SMILES string of the molecule is COCCCn1cc(Nc2nc(-c3ccc4cn[nH]c4c3)nc3cn[nH]c23)cn1. The second-order valence-electron chi connectivity index (χ2n) is 6.66. The maximum absolute atomic E-state index is 5.09. The van der Waals surface area contributed by atoms with Crippen LogP contribution in [-0.2, 0) is 11.3 Å². The number of rotatable bonds is 7. The van der Waals surface area contributed by atoms with Gasteiger partial charge >= 0.3 is 0 Å². The molecular formula is C19H19N9O. The topological polar surface area (TPSA) is 122 Å². The Morgan fingerprint density at radius 3 is 2.97 bits per heavy atom. The van der Waals surface area contributed by atoms with Crippen molar-refractivity contribution in [3.8, 4) is 11.4 Å². The molecule has 0 amide bonds. The monoisotopic (exact) mass is 389 g/mol. The van der Waals surface area contributed by atoms with Crippen LogP contribution in [0.4, 0.5) is 11.5 Å². The fourth-order valence-corrected chi connectivity index (χ4v) is 3.19. The largest absolute Gasteiger partial charge is 0.385 e. The Bertz CT molecular complexity index is 1270. The van der Waals surface area contributed by atoms with E-state index in [0.29, 0.717) is 18.2 Å². The van der Waals surface area contributed by atoms with Gasteiger partial charge in [0.1, 0.15) is 11.0 Å². The van der Waals surface area contributed by atoms with Gasteiger partial charge in [0.05, 0.1) is 29.8 Å². The van der Waals surface area contributed by atoms with Crippen molar-refractivity contribution in [3.63, 3.8) is 0 Å². The predicted octanol–water partition coefficient (Wildman–Crippen LogP) is 2.87. The molecule has 0 bridgehead atoms. The van der Waals surface area contributed by atoms with E-state index in [1.807, 2.05) is 29.1 Å². The molecule has 3 N–H and O–H groups in total. The van der Waals surface area contributed by atoms with Crippen LogP contribution in [0.3, 0.4) is 0 Å². The maximum atomic E-state index is 5.09. The van der Waals surface area contributed by atoms with E-state index in [1.165, 1.54) is 0 Å². The highest BCUT2D eigenvalue weighted by Gasteiger charge is 2.13. The second-order valence-corrected chi connectivity index (χ2v) is 6.66. The average Bonchev–Trinajstić information content (AvgIpc) is 3.48. The Kier molecular flexibility index (Phi) is 4.37. The second kappa shape index (κ2) is 7.32. The number of hydrogen-bond donors (Lipinski definition) is 3. The molecule has 0 fully saturated rings. The number of methoxy groups -OCH3 is 1. The highest BCUT2D eigenvalue weighted by atomic mass is 16.5. The summed E-state index contributed by atoms with van der Waals surface area (Å²) in [4.78, 5) is 9.37. The zero-order valence-corrected chi connectivity index (χ0v) is 15.8. The van der Waals surface area contributed by atoms with Gasteiger partial charge in [-0.3, -0.25) is 14.9 Å². The number of benzene rings is 1. The molecule has 4 aromatic heterocycles. The van der Waals surface area contributed by atoms with Crippen LogP contribution in [0.25, 0.3) is 33.3 Å². The van der Waals surface area contributed by atoms with Gasteiger partial charge in [-0.2, -0.15) is 15.3 Å². The van der Waals surface area contributed by atoms with Crippen molar-refractivity contribution in [2.24, 2.45) is 0 Å². The van der Waals surface area contributed by atoms with E-state index in [2.05, 4.69) is 35.8 Å². The Balaban J connectivity index is 1.48. The molecule has 10 heteroatoms. The molecule has 29 heavy (non-hydrogen) atoms. The molecule has 0 spiro atoms. The third-order valence-electron chi connectivity index (χ3n) is 4.63. The van der Waals surface area contributed by atoms with Gasteiger partial charge in [0.25, 0.3) is 0 Å². The van der Waals surface area contributed by atoms with E-state index in [-0.39, 0.29) is 0 Å². The third kappa shape index (κ3) is 3.41. The molecular weight excluding hydrogens is 370 g/mol. The summed E-state index contributed by atoms with van der Waals surface area (Å²) in [5, 5.41) is 22.9. The van der Waals surface area contributed by atoms with E-state index in [4.69, 9.17) is 9.72 Å². The smallest absolute Gasteiger partial charge is 0.162 e. The molecule has 0 radical (unpaired) electrons. The van der Waals surface area contributed by atoms with Crippen molar-refractivity contribution in [2.45, 2.75) is 13.0 Å². The number of H-pyrrole nitrogens is 2. The van der Waals surface area contributed by atoms with Crippen molar-refractivity contribution >= 4 is 33.4 Å². The fraction of sp³-hybridized carbons (Fsp3) is 0.211. The van der Waals surface area contributed by atoms with Crippen LogP contribution in [0.5, 0.6) is 0 Å². The zero-order valence-electron chi connectivity index (χ0n) is 15.8. The molecule has 0 aliphatic carbocycles. The van der Waals surface area contributed by atoms with Gasteiger partial charge in [-0.05, 0) is 12.5 Å². The van der Waals surface area contributed by atoms with E-state index in [9.17, 15) is 0 Å². The molecule has 0 unspecified atom stereocenters. The number of nitrogens with zero attached hydrogens (tertiary/aromatic N) is 6. The van der Waals surface area contributed by atoms with Gasteiger partial charge in [-0.1, -0.05) is 12.1 Å². The molecule has 0 aliphatic heterocycles. The van der Waals surface area contributed by atoms with Gasteiger partial charge in [0.2, 0.25) is 0 Å². The van der Waals surface area contributed by atoms with E-state index in [0.717, 1.165) is 46.2 Å². The molecule has 4 heterocycles. The van der Waals surface area contributed by atoms with Crippen molar-refractivity contribution < 1.29 is 4.74 Å². The van der Waals surface area contributed by atoms with Crippen molar-refractivity contribution in [3.05, 3.63) is 43.0 Å². The van der Waals surface area contributed by atoms with E-state index >= 15 is 0 Å². The lowest BCUT2D eigenvalue weighted by Crippen LogP contribution is -2.01. The maximum Gasteiger partial charge on any atom is 0.162 e. The first kappa shape index (κ1) is 17.3. The molecule has 146 valence electrons. The van der Waals surface area contributed by atoms with Gasteiger partial charge in [-0.15, -0.1) is 0 Å². The molecule has 5 rings (SSSR count). The molecule has 1 aromatic carbocycles. The number of hydrogen-bond acceptors (Lipinski definition) is 7. The Hall–Kier alpha value is -3.79. The summed E-state index contributed by atoms with van der Waals surface area (Å²) in [6.07, 6.45) is 8.09. The number of ether oxygens (including phenoxy) is 1. The third-order valence-corrected chi connectivity index (χ3v) is 4.63. The summed E-state index contributed by atoms with van der Waals surface area (Å²) in [7, 11) is 1.70. The van der Waals surface area contributed by atoms with Crippen LogP contribution in [-0.4, -0.2) is 53.9 Å². The highest BCUT2D eigenvalue weighted by molar-refractivity contribution is 5.89. The van der Waals surface area contributed by atoms with Crippen LogP contribution >= 0.6 is 0 Å². The molecule has 0 saturated heterocycles. The summed E-state index contributed by atoms with van der Waals surface area (Å²) < 4.78 is 6.97. The number of fused-ring (bicyclic) bond motifs is 2. The normalized spacial score (nSPS) is 11.5. The number of nitrogens with one attached hydrogen (secondary N) is 3. The van der Waals surface area contributed by atoms with Gasteiger partial charge in [-0.25, -0.2) is 9.97 Å². The standard InChI is InChI=1S/C19H19N9O/c1-29-6-2-5-28-11-14(9-22-28)23-19-17-16(10-21-27-17)24-18(25-19)12-3-4-13-8-20-26-15(13)7-12/h3-4,7-11H,2,5-6H2,1H3,(H,20,26)(H,21,27)(H,23,24,25). The van der Waals surface area contributed by atoms with Crippen LogP contribution in [0, 0.1) is 0 Å². The van der Waals surface area contributed by atoms with E-state index in [1.54, 1.807) is 25.7 Å². The molecule has 5 aromatic rings. The lowest BCUT2D eigenvalue weighted by Gasteiger charge is -2.07. The van der Waals surface area contributed by atoms with Crippen molar-refractivity contribution in [2.75, 3.05) is 19.0 Å². The van der Waals surface area contributed by atoms with Crippen LogP contribution in [0.15, 0.2) is 43.0 Å². The van der Waals surface area contributed by atoms with Crippen LogP contribution < -0.4 is 5.32 Å². The number of aryl methyl sites for hydroxylation is 1. The summed E-state index contributed by atoms with van der Waals surface area (Å²) >= 11 is 0. The molecule has 0 aliphatic rings. The lowest BCUT2D eigenvalue weighted by atomic mass is 10.1. The summed E-state index contributed by atoms with van der Waals surface area (Å²) in [6.45, 7) is 1.49. The number of aromatic amines is 2. The fourth-order valence-electron chi connectivity index (χ4n) is 3.19. The van der Waals surface area contributed by atoms with Crippen molar-refractivity contribution in [1.29, 1.82) is 0 Å². The highest BCUT2D eigenvalue weighted by Crippen LogP contribution is 2.27. The van der Waals surface area contributed by atoms with E-state index < -0.39 is 0 Å². The zero-order chi connectivity index (χ0) is 19.6. The Labute approximate surface area is 165 Å². The van der Waals surface area contributed by atoms with Gasteiger partial charge < -0.3 is 10.1 Å². The van der Waals surface area contributed by atoms with Crippen molar-refractivity contribution in [1.82, 2.24) is 40.1 Å². The summed E-state index contributed by atoms with van der Waals surface area (Å²) in [5.41, 5.74) is 4.14.